The molecule has 0 amide bonds. The molecule has 92 valence electrons. The Hall–Kier alpha value is -0.241. The van der Waals surface area contributed by atoms with Gasteiger partial charge in [-0.2, -0.15) is 0 Å². The summed E-state index contributed by atoms with van der Waals surface area (Å²) in [6.45, 7) is 0. The first kappa shape index (κ1) is 14.2. The van der Waals surface area contributed by atoms with Gasteiger partial charge in [-0.3, -0.25) is 0 Å². The van der Waals surface area contributed by atoms with Gasteiger partial charge in [0.15, 0.2) is 0 Å². The SMILES string of the molecule is C(=C/[Te]Cc1ccccc1)/[Te]Cc1ccccc1. The predicted molar refractivity (Wildman–Crippen MR) is 80.9 cm³/mol. The quantitative estimate of drug-likeness (QED) is 0.577. The van der Waals surface area contributed by atoms with Crippen LogP contribution in [0.2, 0.25) is 0 Å². The molecule has 0 aliphatic carbocycles. The van der Waals surface area contributed by atoms with Crippen LogP contribution in [0.25, 0.3) is 0 Å². The minimum atomic E-state index is 0.0420. The van der Waals surface area contributed by atoms with Gasteiger partial charge in [0.25, 0.3) is 0 Å². The molecule has 0 unspecified atom stereocenters. The summed E-state index contributed by atoms with van der Waals surface area (Å²) in [4.78, 5) is 0. The van der Waals surface area contributed by atoms with E-state index < -0.39 is 0 Å². The van der Waals surface area contributed by atoms with Gasteiger partial charge >= 0.3 is 131 Å². The normalized spacial score (nSPS) is 10.9. The molecule has 0 heterocycles. The van der Waals surface area contributed by atoms with Crippen molar-refractivity contribution in [2.24, 2.45) is 0 Å². The van der Waals surface area contributed by atoms with E-state index in [1.54, 1.807) is 0 Å². The third kappa shape index (κ3) is 5.60. The van der Waals surface area contributed by atoms with E-state index in [9.17, 15) is 0 Å². The van der Waals surface area contributed by atoms with Crippen LogP contribution in [0.3, 0.4) is 0 Å². The second-order valence-electron chi connectivity index (χ2n) is 3.87. The van der Waals surface area contributed by atoms with Crippen molar-refractivity contribution in [2.75, 3.05) is 0 Å². The molecule has 18 heavy (non-hydrogen) atoms. The van der Waals surface area contributed by atoms with Gasteiger partial charge in [-0.25, -0.2) is 0 Å². The van der Waals surface area contributed by atoms with Crippen molar-refractivity contribution in [1.82, 2.24) is 0 Å². The fraction of sp³-hybridized carbons (Fsp3) is 0.125. The van der Waals surface area contributed by atoms with E-state index in [2.05, 4.69) is 68.9 Å². The van der Waals surface area contributed by atoms with Crippen molar-refractivity contribution in [1.29, 1.82) is 0 Å². The van der Waals surface area contributed by atoms with Gasteiger partial charge in [-0.1, -0.05) is 0 Å². The topological polar surface area (TPSA) is 0 Å². The van der Waals surface area contributed by atoms with Crippen molar-refractivity contribution in [3.8, 4) is 0 Å². The molecule has 0 radical (unpaired) electrons. The Kier molecular flexibility index (Phi) is 6.92. The fourth-order valence-corrected chi connectivity index (χ4v) is 7.72. The molecular formula is C16H16Te2. The van der Waals surface area contributed by atoms with Crippen molar-refractivity contribution >= 4 is 41.8 Å². The van der Waals surface area contributed by atoms with Crippen LogP contribution in [0.5, 0.6) is 0 Å². The zero-order valence-electron chi connectivity index (χ0n) is 10.2. The molecule has 2 rings (SSSR count). The van der Waals surface area contributed by atoms with Crippen LogP contribution < -0.4 is 0 Å². The van der Waals surface area contributed by atoms with Crippen molar-refractivity contribution in [2.45, 2.75) is 8.94 Å². The molecule has 2 aromatic carbocycles. The molecular weight excluding hydrogens is 447 g/mol. The molecule has 0 N–H and O–H groups in total. The first-order valence-corrected chi connectivity index (χ1v) is 11.9. The van der Waals surface area contributed by atoms with E-state index in [-0.39, 0.29) is 41.8 Å². The average molecular weight is 464 g/mol. The predicted octanol–water partition coefficient (Wildman–Crippen LogP) is 3.27. The number of hydrogen-bond donors (Lipinski definition) is 0. The van der Waals surface area contributed by atoms with Gasteiger partial charge in [0.2, 0.25) is 0 Å². The molecule has 0 aliphatic rings. The zero-order chi connectivity index (χ0) is 12.5. The summed E-state index contributed by atoms with van der Waals surface area (Å²) in [7, 11) is 0. The van der Waals surface area contributed by atoms with Gasteiger partial charge in [0.1, 0.15) is 0 Å². The second-order valence-corrected chi connectivity index (χ2v) is 8.97. The summed E-state index contributed by atoms with van der Waals surface area (Å²) in [6.07, 6.45) is 0. The van der Waals surface area contributed by atoms with Gasteiger partial charge in [-0.15, -0.1) is 0 Å². The molecule has 0 aromatic heterocycles. The van der Waals surface area contributed by atoms with Gasteiger partial charge in [-0.05, 0) is 0 Å². The molecule has 0 nitrogen and oxygen atoms in total. The minimum absolute atomic E-state index is 0.0420. The van der Waals surface area contributed by atoms with Gasteiger partial charge < -0.3 is 0 Å². The van der Waals surface area contributed by atoms with Crippen LogP contribution in [-0.2, 0) is 8.94 Å². The Morgan fingerprint density at radius 3 is 1.39 bits per heavy atom. The Balaban J connectivity index is 1.64. The maximum absolute atomic E-state index is 2.49. The van der Waals surface area contributed by atoms with E-state index in [0.29, 0.717) is 0 Å². The summed E-state index contributed by atoms with van der Waals surface area (Å²) in [5.41, 5.74) is 2.99. The standard InChI is InChI=1S/C16H16Te2/c1-3-7-15(8-4-1)13-17-11-12-18-14-16-9-5-2-6-10-16/h1-12H,13-14H2/b12-11-. The average Bonchev–Trinajstić information content (AvgIpc) is 2.45. The van der Waals surface area contributed by atoms with E-state index in [4.69, 9.17) is 0 Å². The monoisotopic (exact) mass is 468 g/mol. The summed E-state index contributed by atoms with van der Waals surface area (Å²) in [5, 5.41) is 0. The molecule has 0 bridgehead atoms. The molecule has 2 heteroatoms. The third-order valence-corrected chi connectivity index (χ3v) is 8.83. The van der Waals surface area contributed by atoms with Crippen LogP contribution in [-0.4, -0.2) is 41.8 Å². The van der Waals surface area contributed by atoms with E-state index in [1.165, 1.54) is 20.1 Å². The first-order chi connectivity index (χ1) is 8.95. The molecule has 0 spiro atoms. The maximum atomic E-state index is 2.49. The molecule has 0 aliphatic heterocycles. The Morgan fingerprint density at radius 1 is 0.611 bits per heavy atom. The number of hydrogen-bond acceptors (Lipinski definition) is 0. The summed E-state index contributed by atoms with van der Waals surface area (Å²) >= 11 is 0.0839. The fourth-order valence-electron chi connectivity index (χ4n) is 1.52. The van der Waals surface area contributed by atoms with Crippen molar-refractivity contribution < 1.29 is 0 Å². The zero-order valence-corrected chi connectivity index (χ0v) is 14.8. The molecule has 0 saturated carbocycles. The Bertz CT molecular complexity index is 417. The van der Waals surface area contributed by atoms with E-state index in [1.807, 2.05) is 0 Å². The van der Waals surface area contributed by atoms with E-state index in [0.717, 1.165) is 0 Å². The molecule has 0 atom stereocenters. The number of benzene rings is 2. The molecule has 2 aromatic rings. The summed E-state index contributed by atoms with van der Waals surface area (Å²) < 4.78 is 7.56. The van der Waals surface area contributed by atoms with Crippen LogP contribution in [0.4, 0.5) is 0 Å². The summed E-state index contributed by atoms with van der Waals surface area (Å²) in [5.74, 6) is 0. The van der Waals surface area contributed by atoms with Gasteiger partial charge in [0.05, 0.1) is 0 Å². The molecule has 0 saturated heterocycles. The van der Waals surface area contributed by atoms with Crippen LogP contribution in [0, 0.1) is 0 Å². The van der Waals surface area contributed by atoms with Crippen molar-refractivity contribution in [3.05, 3.63) is 80.0 Å². The van der Waals surface area contributed by atoms with Gasteiger partial charge in [0, 0.05) is 0 Å². The summed E-state index contributed by atoms with van der Waals surface area (Å²) in [6, 6.07) is 21.7. The van der Waals surface area contributed by atoms with Crippen LogP contribution in [0.1, 0.15) is 11.1 Å². The van der Waals surface area contributed by atoms with Crippen LogP contribution >= 0.6 is 0 Å². The number of rotatable bonds is 6. The second kappa shape index (κ2) is 8.79. The Labute approximate surface area is 130 Å². The third-order valence-electron chi connectivity index (χ3n) is 2.43. The molecule has 0 fully saturated rings. The van der Waals surface area contributed by atoms with E-state index >= 15 is 0 Å². The van der Waals surface area contributed by atoms with Crippen molar-refractivity contribution in [3.63, 3.8) is 0 Å². The van der Waals surface area contributed by atoms with Crippen LogP contribution in [0.15, 0.2) is 68.9 Å². The Morgan fingerprint density at radius 2 is 1.00 bits per heavy atom. The first-order valence-electron chi connectivity index (χ1n) is 5.91.